The number of aromatic nitrogens is 2. The van der Waals surface area contributed by atoms with Crippen LogP contribution in [0.1, 0.15) is 78.7 Å². The first-order chi connectivity index (χ1) is 23.3. The van der Waals surface area contributed by atoms with Crippen LogP contribution >= 0.6 is 11.8 Å². The van der Waals surface area contributed by atoms with E-state index < -0.39 is 53.0 Å². The second-order valence-electron chi connectivity index (χ2n) is 14.1. The van der Waals surface area contributed by atoms with E-state index in [4.69, 9.17) is 13.9 Å². The third kappa shape index (κ3) is 9.40. The third-order valence-electron chi connectivity index (χ3n) is 7.69. The fourth-order valence-electron chi connectivity index (χ4n) is 5.63. The van der Waals surface area contributed by atoms with Crippen LogP contribution in [0.5, 0.6) is 5.75 Å². The van der Waals surface area contributed by atoms with Crippen molar-refractivity contribution < 1.29 is 46.2 Å². The van der Waals surface area contributed by atoms with Gasteiger partial charge in [0, 0.05) is 16.2 Å². The van der Waals surface area contributed by atoms with Gasteiger partial charge in [0.2, 0.25) is 11.8 Å². The molecule has 1 fully saturated rings. The van der Waals surface area contributed by atoms with Crippen LogP contribution in [0.15, 0.2) is 51.8 Å². The number of thioether (sulfide) groups is 1. The number of hydrogen-bond acceptors (Lipinski definition) is 10. The molecule has 16 heteroatoms. The van der Waals surface area contributed by atoms with E-state index in [0.717, 1.165) is 25.0 Å². The summed E-state index contributed by atoms with van der Waals surface area (Å²) >= 11 is 1.34. The highest BCUT2D eigenvalue weighted by molar-refractivity contribution is 7.99. The molecular formula is C34H40F3N5O7S. The lowest BCUT2D eigenvalue weighted by molar-refractivity contribution is -0.274. The maximum absolute atomic E-state index is 14.1. The molecule has 1 atom stereocenters. The van der Waals surface area contributed by atoms with Crippen molar-refractivity contribution in [2.45, 2.75) is 108 Å². The van der Waals surface area contributed by atoms with Gasteiger partial charge in [-0.25, -0.2) is 9.59 Å². The number of amides is 3. The molecule has 12 nitrogen and oxygen atoms in total. The highest BCUT2D eigenvalue weighted by atomic mass is 32.2. The van der Waals surface area contributed by atoms with E-state index in [9.17, 15) is 27.6 Å². The molecule has 0 bridgehead atoms. The largest absolute Gasteiger partial charge is 0.573 e. The lowest BCUT2D eigenvalue weighted by atomic mass is 9.98. The van der Waals surface area contributed by atoms with Gasteiger partial charge in [-0.2, -0.15) is 0 Å². The Morgan fingerprint density at radius 1 is 0.960 bits per heavy atom. The first-order valence-electron chi connectivity index (χ1n) is 16.1. The number of hydrogen-bond donors (Lipinski definition) is 2. The second kappa shape index (κ2) is 14.0. The molecule has 1 aromatic heterocycles. The number of nitrogens with one attached hydrogen (secondary N) is 2. The van der Waals surface area contributed by atoms with Crippen molar-refractivity contribution in [1.82, 2.24) is 20.8 Å². The van der Waals surface area contributed by atoms with Crippen LogP contribution < -0.4 is 20.3 Å². The molecule has 2 aliphatic rings. The molecule has 3 aromatic rings. The molecule has 0 radical (unpaired) electrons. The predicted octanol–water partition coefficient (Wildman–Crippen LogP) is 7.46. The lowest BCUT2D eigenvalue weighted by Gasteiger charge is -2.28. The number of nitrogens with zero attached hydrogens (tertiary/aromatic N) is 3. The number of carbonyl (C=O) groups excluding carboxylic acids is 3. The number of fused-ring (bicyclic) bond motifs is 1. The smallest absolute Gasteiger partial charge is 0.444 e. The van der Waals surface area contributed by atoms with Gasteiger partial charge in [0.25, 0.3) is 5.91 Å². The molecule has 1 aliphatic carbocycles. The van der Waals surface area contributed by atoms with E-state index in [-0.39, 0.29) is 24.1 Å². The Morgan fingerprint density at radius 2 is 1.60 bits per heavy atom. The SMILES string of the molecule is CC(C)(C)OC(=O)N[C@H]1CSc2ccc(-c3nnc(C4(NC(=O)OC(C)(C)C)CCCC4)o3)cc2N(Cc2ccc(OC(F)(F)F)cc2)C1=O. The number of ether oxygens (including phenoxy) is 3. The second-order valence-corrected chi connectivity index (χ2v) is 15.2. The predicted molar refractivity (Wildman–Crippen MR) is 177 cm³/mol. The monoisotopic (exact) mass is 719 g/mol. The van der Waals surface area contributed by atoms with Crippen LogP contribution in [0.4, 0.5) is 28.4 Å². The third-order valence-corrected chi connectivity index (χ3v) is 8.84. The Hall–Kier alpha value is -4.47. The summed E-state index contributed by atoms with van der Waals surface area (Å²) < 4.78 is 59.4. The quantitative estimate of drug-likeness (QED) is 0.252. The Kier molecular flexibility index (Phi) is 10.3. The van der Waals surface area contributed by atoms with Crippen molar-refractivity contribution in [3.63, 3.8) is 0 Å². The molecule has 0 saturated heterocycles. The summed E-state index contributed by atoms with van der Waals surface area (Å²) in [7, 11) is 0. The van der Waals surface area contributed by atoms with Crippen LogP contribution in [0, 0.1) is 0 Å². The average molecular weight is 720 g/mol. The van der Waals surface area contributed by atoms with Gasteiger partial charge in [-0.3, -0.25) is 4.79 Å². The van der Waals surface area contributed by atoms with Crippen molar-refractivity contribution in [3.8, 4) is 17.2 Å². The summed E-state index contributed by atoms with van der Waals surface area (Å²) in [5.74, 6) is -0.301. The van der Waals surface area contributed by atoms with Crippen molar-refractivity contribution in [3.05, 3.63) is 53.9 Å². The van der Waals surface area contributed by atoms with Crippen molar-refractivity contribution in [2.75, 3.05) is 10.7 Å². The summed E-state index contributed by atoms with van der Waals surface area (Å²) in [4.78, 5) is 41.7. The van der Waals surface area contributed by atoms with Crippen molar-refractivity contribution in [1.29, 1.82) is 0 Å². The van der Waals surface area contributed by atoms with Gasteiger partial charge in [0.05, 0.1) is 12.2 Å². The molecule has 2 aromatic carbocycles. The Bertz CT molecular complexity index is 1710. The number of halogens is 3. The van der Waals surface area contributed by atoms with Crippen LogP contribution in [-0.2, 0) is 26.4 Å². The normalized spacial score (nSPS) is 17.8. The van der Waals surface area contributed by atoms with E-state index in [1.54, 1.807) is 59.7 Å². The topological polar surface area (TPSA) is 145 Å². The zero-order valence-electron chi connectivity index (χ0n) is 28.6. The number of alkyl carbamates (subject to hydrolysis) is 2. The highest BCUT2D eigenvalue weighted by Crippen LogP contribution is 2.41. The number of benzene rings is 2. The standard InChI is InChI=1S/C34H40F3N5O7S/c1-31(2,3)48-29(44)38-23-19-50-25-14-11-21(17-24(25)42(27(23)43)18-20-9-12-22(13-10-20)47-34(35,36)37)26-40-41-28(46-26)33(15-7-8-16-33)39-30(45)49-32(4,5)6/h9-14,17,23H,7-8,15-16,18-19H2,1-6H3,(H,38,44)(H,39,45)/t23-/m0/s1. The number of carbonyl (C=O) groups is 3. The van der Waals surface area contributed by atoms with Crippen LogP contribution in [0.3, 0.4) is 0 Å². The molecule has 2 N–H and O–H groups in total. The highest BCUT2D eigenvalue weighted by Gasteiger charge is 2.43. The zero-order chi connectivity index (χ0) is 36.5. The van der Waals surface area contributed by atoms with E-state index in [0.29, 0.717) is 34.6 Å². The maximum Gasteiger partial charge on any atom is 0.573 e. The van der Waals surface area contributed by atoms with Gasteiger partial charge in [0.15, 0.2) is 0 Å². The molecule has 5 rings (SSSR count). The van der Waals surface area contributed by atoms with Crippen LogP contribution in [0.25, 0.3) is 11.5 Å². The maximum atomic E-state index is 14.1. The minimum atomic E-state index is -4.85. The summed E-state index contributed by atoms with van der Waals surface area (Å²) in [6, 6.07) is 9.45. The summed E-state index contributed by atoms with van der Waals surface area (Å²) in [6.07, 6.45) is -3.39. The van der Waals surface area contributed by atoms with Gasteiger partial charge >= 0.3 is 18.5 Å². The molecular weight excluding hydrogens is 679 g/mol. The number of anilines is 1. The zero-order valence-corrected chi connectivity index (χ0v) is 29.4. The Morgan fingerprint density at radius 3 is 2.22 bits per heavy atom. The molecule has 270 valence electrons. The van der Waals surface area contributed by atoms with E-state index >= 15 is 0 Å². The fraction of sp³-hybridized carbons (Fsp3) is 0.500. The van der Waals surface area contributed by atoms with E-state index in [2.05, 4.69) is 25.6 Å². The van der Waals surface area contributed by atoms with E-state index in [1.165, 1.54) is 28.8 Å². The van der Waals surface area contributed by atoms with Crippen LogP contribution in [-0.4, -0.2) is 57.7 Å². The first-order valence-corrected chi connectivity index (χ1v) is 17.1. The fourth-order valence-corrected chi connectivity index (χ4v) is 6.69. The molecule has 3 amide bonds. The molecule has 1 aliphatic heterocycles. The molecule has 2 heterocycles. The lowest BCUT2D eigenvalue weighted by Crippen LogP contribution is -2.50. The number of rotatable bonds is 7. The Balaban J connectivity index is 1.46. The first kappa shape index (κ1) is 36.8. The molecule has 50 heavy (non-hydrogen) atoms. The number of alkyl halides is 3. The van der Waals surface area contributed by atoms with Gasteiger partial charge < -0.3 is 34.2 Å². The van der Waals surface area contributed by atoms with Crippen molar-refractivity contribution in [2.24, 2.45) is 0 Å². The molecule has 1 saturated carbocycles. The summed E-state index contributed by atoms with van der Waals surface area (Å²) in [5.41, 5.74) is -0.954. The minimum absolute atomic E-state index is 0.0490. The van der Waals surface area contributed by atoms with Gasteiger partial charge in [-0.1, -0.05) is 25.0 Å². The molecule has 0 spiro atoms. The van der Waals surface area contributed by atoms with Gasteiger partial charge in [-0.15, -0.1) is 35.1 Å². The van der Waals surface area contributed by atoms with Crippen molar-refractivity contribution >= 4 is 35.5 Å². The van der Waals surface area contributed by atoms with E-state index in [1.807, 2.05) is 0 Å². The summed E-state index contributed by atoms with van der Waals surface area (Å²) in [6.45, 7) is 10.4. The summed E-state index contributed by atoms with van der Waals surface area (Å²) in [5, 5.41) is 14.2. The average Bonchev–Trinajstić information content (AvgIpc) is 3.65. The minimum Gasteiger partial charge on any atom is -0.444 e. The van der Waals surface area contributed by atoms with Gasteiger partial charge in [-0.05, 0) is 90.3 Å². The Labute approximate surface area is 291 Å². The molecule has 0 unspecified atom stereocenters. The van der Waals surface area contributed by atoms with Crippen LogP contribution in [0.2, 0.25) is 0 Å². The van der Waals surface area contributed by atoms with Gasteiger partial charge in [0.1, 0.15) is 28.5 Å².